The summed E-state index contributed by atoms with van der Waals surface area (Å²) in [6.45, 7) is -0.382. The van der Waals surface area contributed by atoms with E-state index in [9.17, 15) is 10.2 Å². The van der Waals surface area contributed by atoms with E-state index in [0.29, 0.717) is 11.2 Å². The molecule has 0 aliphatic heterocycles. The second-order valence-corrected chi connectivity index (χ2v) is 4.43. The van der Waals surface area contributed by atoms with Gasteiger partial charge in [-0.25, -0.2) is 15.0 Å². The molecule has 0 saturated heterocycles. The van der Waals surface area contributed by atoms with Crippen LogP contribution in [0.3, 0.4) is 0 Å². The maximum atomic E-state index is 10.1. The van der Waals surface area contributed by atoms with Crippen molar-refractivity contribution in [3.8, 4) is 0 Å². The number of hydrogen-bond donors (Lipinski definition) is 4. The van der Waals surface area contributed by atoms with E-state index >= 15 is 0 Å². The third kappa shape index (κ3) is 1.65. The lowest BCUT2D eigenvalue weighted by Gasteiger charge is -2.18. The number of aromatic nitrogens is 4. The molecule has 100 valence electrons. The molecule has 0 aromatic carbocycles. The van der Waals surface area contributed by atoms with Crippen molar-refractivity contribution in [3.63, 3.8) is 0 Å². The van der Waals surface area contributed by atoms with Crippen LogP contribution in [0.25, 0.3) is 11.2 Å². The fraction of sp³-hybridized carbons (Fsp3) is 0.364. The zero-order valence-electron chi connectivity index (χ0n) is 9.93. The molecule has 2 heterocycles. The standard InChI is InChI=1S/C11H13N5O3/c12-10-8-11(14-3-13-10)16(4-15-8)6-1-7(18)5(2-17)9(6)19/h3-4,6,9,17-19H,1-2H2,(H2,12,13,14)/t6-,9-/m0/s1. The number of nitrogen functional groups attached to an aromatic ring is 1. The van der Waals surface area contributed by atoms with Gasteiger partial charge in [-0.2, -0.15) is 0 Å². The molecule has 1 aliphatic carbocycles. The molecule has 5 N–H and O–H groups in total. The summed E-state index contributed by atoms with van der Waals surface area (Å²) in [5, 5.41) is 29.0. The Hall–Kier alpha value is -2.19. The molecule has 0 fully saturated rings. The summed E-state index contributed by atoms with van der Waals surface area (Å²) in [5.74, 6) is 0.264. The van der Waals surface area contributed by atoms with Gasteiger partial charge in [0, 0.05) is 12.0 Å². The van der Waals surface area contributed by atoms with E-state index in [1.54, 1.807) is 4.57 Å². The Kier molecular flexibility index (Phi) is 2.61. The molecule has 3 rings (SSSR count). The Morgan fingerprint density at radius 1 is 1.37 bits per heavy atom. The van der Waals surface area contributed by atoms with Gasteiger partial charge in [0.1, 0.15) is 17.9 Å². The first-order valence-electron chi connectivity index (χ1n) is 5.76. The Balaban J connectivity index is 2.06. The second-order valence-electron chi connectivity index (χ2n) is 4.43. The summed E-state index contributed by atoms with van der Waals surface area (Å²) < 4.78 is 1.64. The molecule has 8 heteroatoms. The molecular weight excluding hydrogens is 250 g/mol. The molecule has 8 nitrogen and oxygen atoms in total. The number of nitrogens with two attached hydrogens (primary N) is 1. The number of imidazole rings is 1. The molecule has 0 unspecified atom stereocenters. The first-order valence-corrected chi connectivity index (χ1v) is 5.76. The number of allylic oxidation sites excluding steroid dienone is 1. The Bertz CT molecular complexity index is 665. The van der Waals surface area contributed by atoms with Crippen molar-refractivity contribution in [2.45, 2.75) is 18.6 Å². The number of fused-ring (bicyclic) bond motifs is 1. The average molecular weight is 263 g/mol. The van der Waals surface area contributed by atoms with Gasteiger partial charge in [-0.1, -0.05) is 0 Å². The normalized spacial score (nSPS) is 23.5. The van der Waals surface area contributed by atoms with E-state index in [-0.39, 0.29) is 30.2 Å². The van der Waals surface area contributed by atoms with Gasteiger partial charge in [0.2, 0.25) is 0 Å². The van der Waals surface area contributed by atoms with Crippen molar-refractivity contribution >= 4 is 17.0 Å². The van der Waals surface area contributed by atoms with Crippen LogP contribution < -0.4 is 5.73 Å². The van der Waals surface area contributed by atoms with Gasteiger partial charge < -0.3 is 25.6 Å². The smallest absolute Gasteiger partial charge is 0.165 e. The van der Waals surface area contributed by atoms with Gasteiger partial charge in [0.05, 0.1) is 24.7 Å². The Morgan fingerprint density at radius 2 is 2.16 bits per heavy atom. The van der Waals surface area contributed by atoms with Crippen LogP contribution in [0.4, 0.5) is 5.82 Å². The lowest BCUT2D eigenvalue weighted by atomic mass is 10.1. The predicted octanol–water partition coefficient (Wildman–Crippen LogP) is -0.481. The molecule has 0 saturated carbocycles. The quantitative estimate of drug-likeness (QED) is 0.575. The Labute approximate surface area is 107 Å². The van der Waals surface area contributed by atoms with E-state index in [4.69, 9.17) is 10.8 Å². The van der Waals surface area contributed by atoms with Crippen LogP contribution in [-0.4, -0.2) is 47.5 Å². The van der Waals surface area contributed by atoms with E-state index < -0.39 is 12.1 Å². The van der Waals surface area contributed by atoms with Crippen LogP contribution in [0.2, 0.25) is 0 Å². The third-order valence-electron chi connectivity index (χ3n) is 3.41. The van der Waals surface area contributed by atoms with Gasteiger partial charge >= 0.3 is 0 Å². The molecule has 2 aromatic rings. The number of anilines is 1. The molecule has 19 heavy (non-hydrogen) atoms. The lowest BCUT2D eigenvalue weighted by molar-refractivity contribution is 0.146. The predicted molar refractivity (Wildman–Crippen MR) is 66.1 cm³/mol. The van der Waals surface area contributed by atoms with Crippen LogP contribution in [-0.2, 0) is 0 Å². The molecule has 0 radical (unpaired) electrons. The summed E-state index contributed by atoms with van der Waals surface area (Å²) in [7, 11) is 0. The van der Waals surface area contributed by atoms with E-state index in [1.165, 1.54) is 12.7 Å². The van der Waals surface area contributed by atoms with Crippen molar-refractivity contribution in [1.29, 1.82) is 0 Å². The molecule has 2 aromatic heterocycles. The highest BCUT2D eigenvalue weighted by atomic mass is 16.3. The first kappa shape index (κ1) is 11.9. The number of nitrogens with zero attached hydrogens (tertiary/aromatic N) is 4. The zero-order chi connectivity index (χ0) is 13.6. The SMILES string of the molecule is Nc1ncnc2c1ncn2[C@H]1CC(O)=C(CO)[C@@H]1O. The second kappa shape index (κ2) is 4.18. The summed E-state index contributed by atoms with van der Waals surface area (Å²) in [6.07, 6.45) is 2.06. The van der Waals surface area contributed by atoms with Crippen LogP contribution >= 0.6 is 0 Å². The molecule has 2 atom stereocenters. The highest BCUT2D eigenvalue weighted by Crippen LogP contribution is 2.35. The van der Waals surface area contributed by atoms with Crippen LogP contribution in [0, 0.1) is 0 Å². The molecule has 0 spiro atoms. The molecule has 0 bridgehead atoms. The van der Waals surface area contributed by atoms with E-state index in [1.807, 2.05) is 0 Å². The monoisotopic (exact) mass is 263 g/mol. The minimum Gasteiger partial charge on any atom is -0.512 e. The van der Waals surface area contributed by atoms with Gasteiger partial charge in [-0.3, -0.25) is 0 Å². The average Bonchev–Trinajstić information content (AvgIpc) is 2.92. The van der Waals surface area contributed by atoms with Gasteiger partial charge in [0.15, 0.2) is 11.5 Å². The van der Waals surface area contributed by atoms with Crippen LogP contribution in [0.1, 0.15) is 12.5 Å². The van der Waals surface area contributed by atoms with E-state index in [2.05, 4.69) is 15.0 Å². The van der Waals surface area contributed by atoms with E-state index in [0.717, 1.165) is 0 Å². The first-order chi connectivity index (χ1) is 9.13. The Morgan fingerprint density at radius 3 is 2.84 bits per heavy atom. The minimum atomic E-state index is -0.974. The molecule has 0 amide bonds. The van der Waals surface area contributed by atoms with Crippen molar-refractivity contribution in [3.05, 3.63) is 24.0 Å². The number of hydrogen-bond acceptors (Lipinski definition) is 7. The third-order valence-corrected chi connectivity index (χ3v) is 3.41. The van der Waals surface area contributed by atoms with Gasteiger partial charge in [0.25, 0.3) is 0 Å². The molecule has 1 aliphatic rings. The summed E-state index contributed by atoms with van der Waals surface area (Å²) >= 11 is 0. The fourth-order valence-electron chi connectivity index (χ4n) is 2.39. The van der Waals surface area contributed by atoms with Crippen LogP contribution in [0.15, 0.2) is 24.0 Å². The topological polar surface area (TPSA) is 130 Å². The number of aliphatic hydroxyl groups excluding tert-OH is 3. The maximum absolute atomic E-state index is 10.1. The highest BCUT2D eigenvalue weighted by molar-refractivity contribution is 5.81. The summed E-state index contributed by atoms with van der Waals surface area (Å²) in [4.78, 5) is 12.0. The van der Waals surface area contributed by atoms with Gasteiger partial charge in [-0.05, 0) is 0 Å². The van der Waals surface area contributed by atoms with Crippen LogP contribution in [0.5, 0.6) is 0 Å². The van der Waals surface area contributed by atoms with Crippen molar-refractivity contribution < 1.29 is 15.3 Å². The maximum Gasteiger partial charge on any atom is 0.165 e. The largest absolute Gasteiger partial charge is 0.512 e. The number of aliphatic hydroxyl groups is 3. The fourth-order valence-corrected chi connectivity index (χ4v) is 2.39. The lowest BCUT2D eigenvalue weighted by Crippen LogP contribution is -2.22. The molecular formula is C11H13N5O3. The van der Waals surface area contributed by atoms with Crippen molar-refractivity contribution in [1.82, 2.24) is 19.5 Å². The minimum absolute atomic E-state index is 0.00359. The summed E-state index contributed by atoms with van der Waals surface area (Å²) in [6, 6.07) is -0.457. The summed E-state index contributed by atoms with van der Waals surface area (Å²) in [5.41, 5.74) is 6.86. The van der Waals surface area contributed by atoms with Crippen molar-refractivity contribution in [2.75, 3.05) is 12.3 Å². The van der Waals surface area contributed by atoms with Crippen molar-refractivity contribution in [2.24, 2.45) is 0 Å². The highest BCUT2D eigenvalue weighted by Gasteiger charge is 2.35. The number of rotatable bonds is 2. The zero-order valence-corrected chi connectivity index (χ0v) is 9.93. The van der Waals surface area contributed by atoms with Gasteiger partial charge in [-0.15, -0.1) is 0 Å².